The fourth-order valence-corrected chi connectivity index (χ4v) is 2.70. The van der Waals surface area contributed by atoms with Crippen molar-refractivity contribution in [2.75, 3.05) is 5.75 Å². The summed E-state index contributed by atoms with van der Waals surface area (Å²) in [5, 5.41) is 0. The molecule has 0 aliphatic carbocycles. The molecule has 0 fully saturated rings. The zero-order valence-corrected chi connectivity index (χ0v) is 12.2. The van der Waals surface area contributed by atoms with E-state index < -0.39 is 0 Å². The second kappa shape index (κ2) is 8.54. The van der Waals surface area contributed by atoms with E-state index in [2.05, 4.69) is 13.8 Å². The maximum absolute atomic E-state index is 13.9. The molecule has 2 N–H and O–H groups in total. The zero-order valence-electron chi connectivity index (χ0n) is 11.4. The van der Waals surface area contributed by atoms with Crippen LogP contribution in [-0.4, -0.2) is 11.8 Å². The van der Waals surface area contributed by atoms with Crippen LogP contribution in [-0.2, 0) is 6.42 Å². The lowest BCUT2D eigenvalue weighted by molar-refractivity contribution is 0.592. The summed E-state index contributed by atoms with van der Waals surface area (Å²) in [7, 11) is 0. The van der Waals surface area contributed by atoms with Crippen LogP contribution >= 0.6 is 11.8 Å². The molecule has 0 spiro atoms. The summed E-state index contributed by atoms with van der Waals surface area (Å²) in [6.45, 7) is 4.23. The summed E-state index contributed by atoms with van der Waals surface area (Å²) in [4.78, 5) is 0.764. The summed E-state index contributed by atoms with van der Waals surface area (Å²) in [5.74, 6) is 0.899. The summed E-state index contributed by atoms with van der Waals surface area (Å²) in [5.41, 5.74) is 6.88. The first-order valence-corrected chi connectivity index (χ1v) is 7.82. The van der Waals surface area contributed by atoms with Gasteiger partial charge in [-0.1, -0.05) is 32.8 Å². The van der Waals surface area contributed by atoms with Crippen molar-refractivity contribution in [3.8, 4) is 0 Å². The lowest BCUT2D eigenvalue weighted by Gasteiger charge is -2.10. The van der Waals surface area contributed by atoms with E-state index in [1.165, 1.54) is 12.8 Å². The number of benzene rings is 1. The first kappa shape index (κ1) is 15.5. The van der Waals surface area contributed by atoms with Crippen molar-refractivity contribution in [3.63, 3.8) is 0 Å². The van der Waals surface area contributed by atoms with Crippen LogP contribution in [0.2, 0.25) is 0 Å². The number of rotatable bonds is 8. The van der Waals surface area contributed by atoms with Gasteiger partial charge in [-0.2, -0.15) is 0 Å². The predicted octanol–water partition coefficient (Wildman–Crippen LogP) is 4.39. The Bertz CT molecular complexity index is 354. The minimum Gasteiger partial charge on any atom is -0.327 e. The number of hydrogen-bond acceptors (Lipinski definition) is 2. The largest absolute Gasteiger partial charge is 0.327 e. The highest BCUT2D eigenvalue weighted by Crippen LogP contribution is 2.24. The molecule has 1 nitrogen and oxygen atoms in total. The highest BCUT2D eigenvalue weighted by molar-refractivity contribution is 7.99. The molecule has 0 aromatic heterocycles. The van der Waals surface area contributed by atoms with E-state index in [1.54, 1.807) is 17.8 Å². The average molecular weight is 269 g/mol. The van der Waals surface area contributed by atoms with Crippen molar-refractivity contribution in [2.24, 2.45) is 5.73 Å². The van der Waals surface area contributed by atoms with Crippen molar-refractivity contribution in [2.45, 2.75) is 56.9 Å². The van der Waals surface area contributed by atoms with Crippen molar-refractivity contribution in [1.82, 2.24) is 0 Å². The lowest BCUT2D eigenvalue weighted by Crippen LogP contribution is -2.21. The molecule has 0 saturated heterocycles. The van der Waals surface area contributed by atoms with Crippen molar-refractivity contribution in [3.05, 3.63) is 29.6 Å². The smallest absolute Gasteiger partial charge is 0.137 e. The van der Waals surface area contributed by atoms with Gasteiger partial charge in [0, 0.05) is 10.9 Å². The minimum atomic E-state index is -0.0997. The Labute approximate surface area is 114 Å². The van der Waals surface area contributed by atoms with Crippen LogP contribution in [0.4, 0.5) is 4.39 Å². The Morgan fingerprint density at radius 1 is 1.28 bits per heavy atom. The van der Waals surface area contributed by atoms with Gasteiger partial charge in [0.1, 0.15) is 5.82 Å². The van der Waals surface area contributed by atoms with Gasteiger partial charge in [0.25, 0.3) is 0 Å². The highest BCUT2D eigenvalue weighted by atomic mass is 32.2. The van der Waals surface area contributed by atoms with Crippen LogP contribution in [0.3, 0.4) is 0 Å². The SMILES string of the molecule is CCCCCSc1ccc(CC(N)CC)cc1F. The Balaban J connectivity index is 2.51. The normalized spacial score (nSPS) is 12.7. The predicted molar refractivity (Wildman–Crippen MR) is 78.6 cm³/mol. The van der Waals surface area contributed by atoms with Gasteiger partial charge in [-0.15, -0.1) is 11.8 Å². The van der Waals surface area contributed by atoms with Gasteiger partial charge in [-0.05, 0) is 42.7 Å². The number of thioether (sulfide) groups is 1. The van der Waals surface area contributed by atoms with Gasteiger partial charge < -0.3 is 5.73 Å². The van der Waals surface area contributed by atoms with E-state index in [0.717, 1.165) is 35.5 Å². The molecule has 0 heterocycles. The third kappa shape index (κ3) is 5.40. The summed E-state index contributed by atoms with van der Waals surface area (Å²) >= 11 is 1.61. The standard InChI is InChI=1S/C15H24FNS/c1-3-5-6-9-18-15-8-7-12(11-14(15)16)10-13(17)4-2/h7-8,11,13H,3-6,9-10,17H2,1-2H3. The van der Waals surface area contributed by atoms with Crippen molar-refractivity contribution >= 4 is 11.8 Å². The Hall–Kier alpha value is -0.540. The molecular formula is C15H24FNS. The molecule has 1 rings (SSSR count). The maximum atomic E-state index is 13.9. The summed E-state index contributed by atoms with van der Waals surface area (Å²) in [6, 6.07) is 5.66. The monoisotopic (exact) mass is 269 g/mol. The van der Waals surface area contributed by atoms with Crippen LogP contribution < -0.4 is 5.73 Å². The molecule has 1 aromatic carbocycles. The molecule has 0 aliphatic heterocycles. The average Bonchev–Trinajstić information content (AvgIpc) is 2.36. The molecule has 0 amide bonds. The van der Waals surface area contributed by atoms with E-state index in [1.807, 2.05) is 12.1 Å². The summed E-state index contributed by atoms with van der Waals surface area (Å²) in [6.07, 6.45) is 5.27. The van der Waals surface area contributed by atoms with E-state index >= 15 is 0 Å². The van der Waals surface area contributed by atoms with E-state index in [0.29, 0.717) is 0 Å². The van der Waals surface area contributed by atoms with Gasteiger partial charge >= 0.3 is 0 Å². The Morgan fingerprint density at radius 2 is 2.06 bits per heavy atom. The minimum absolute atomic E-state index is 0.0997. The molecule has 102 valence electrons. The van der Waals surface area contributed by atoms with Crippen molar-refractivity contribution < 1.29 is 4.39 Å². The van der Waals surface area contributed by atoms with Gasteiger partial charge in [0.05, 0.1) is 0 Å². The van der Waals surface area contributed by atoms with E-state index in [9.17, 15) is 4.39 Å². The highest BCUT2D eigenvalue weighted by Gasteiger charge is 2.06. The molecule has 0 aliphatic rings. The molecule has 1 atom stereocenters. The molecule has 1 aromatic rings. The third-order valence-corrected chi connectivity index (χ3v) is 4.16. The quantitative estimate of drug-likeness (QED) is 0.559. The van der Waals surface area contributed by atoms with Crippen LogP contribution in [0, 0.1) is 5.82 Å². The number of unbranched alkanes of at least 4 members (excludes halogenated alkanes) is 2. The van der Waals surface area contributed by atoms with Crippen LogP contribution in [0.5, 0.6) is 0 Å². The second-order valence-electron chi connectivity index (χ2n) is 4.69. The molecule has 18 heavy (non-hydrogen) atoms. The fourth-order valence-electron chi connectivity index (χ4n) is 1.77. The third-order valence-electron chi connectivity index (χ3n) is 3.02. The first-order valence-electron chi connectivity index (χ1n) is 6.84. The molecule has 0 saturated carbocycles. The van der Waals surface area contributed by atoms with Gasteiger partial charge in [-0.25, -0.2) is 4.39 Å². The van der Waals surface area contributed by atoms with Gasteiger partial charge in [0.15, 0.2) is 0 Å². The van der Waals surface area contributed by atoms with Crippen molar-refractivity contribution in [1.29, 1.82) is 0 Å². The lowest BCUT2D eigenvalue weighted by atomic mass is 10.0. The Kier molecular flexibility index (Phi) is 7.36. The van der Waals surface area contributed by atoms with E-state index in [-0.39, 0.29) is 11.9 Å². The molecular weight excluding hydrogens is 245 g/mol. The topological polar surface area (TPSA) is 26.0 Å². The fraction of sp³-hybridized carbons (Fsp3) is 0.600. The first-order chi connectivity index (χ1) is 8.67. The zero-order chi connectivity index (χ0) is 13.4. The molecule has 3 heteroatoms. The van der Waals surface area contributed by atoms with Gasteiger partial charge in [-0.3, -0.25) is 0 Å². The molecule has 0 radical (unpaired) electrons. The Morgan fingerprint density at radius 3 is 2.67 bits per heavy atom. The van der Waals surface area contributed by atoms with Gasteiger partial charge in [0.2, 0.25) is 0 Å². The number of hydrogen-bond donors (Lipinski definition) is 1. The van der Waals surface area contributed by atoms with E-state index in [4.69, 9.17) is 5.73 Å². The van der Waals surface area contributed by atoms with Crippen LogP contribution in [0.15, 0.2) is 23.1 Å². The molecule has 1 unspecified atom stereocenters. The number of nitrogens with two attached hydrogens (primary N) is 1. The summed E-state index contributed by atoms with van der Waals surface area (Å²) < 4.78 is 13.9. The second-order valence-corrected chi connectivity index (χ2v) is 5.83. The number of halogens is 1. The maximum Gasteiger partial charge on any atom is 0.137 e. The molecule has 0 bridgehead atoms. The van der Waals surface area contributed by atoms with Crippen LogP contribution in [0.25, 0.3) is 0 Å². The van der Waals surface area contributed by atoms with Crippen LogP contribution in [0.1, 0.15) is 45.1 Å².